The van der Waals surface area contributed by atoms with Crippen LogP contribution in [-0.2, 0) is 6.54 Å². The summed E-state index contributed by atoms with van der Waals surface area (Å²) < 4.78 is 13.6. The van der Waals surface area contributed by atoms with Crippen molar-refractivity contribution in [2.24, 2.45) is 5.92 Å². The Morgan fingerprint density at radius 3 is 2.62 bits per heavy atom. The molecule has 0 aliphatic carbocycles. The van der Waals surface area contributed by atoms with Gasteiger partial charge in [-0.05, 0) is 23.6 Å². The monoisotopic (exact) mass is 289 g/mol. The SMILES string of the molecule is CC(C)C(CO)NCc1ccc(F)cc1Br. The zero-order valence-corrected chi connectivity index (χ0v) is 11.1. The summed E-state index contributed by atoms with van der Waals surface area (Å²) in [6.07, 6.45) is 0. The van der Waals surface area contributed by atoms with Gasteiger partial charge in [-0.1, -0.05) is 35.8 Å². The third kappa shape index (κ3) is 3.85. The van der Waals surface area contributed by atoms with E-state index in [1.807, 2.05) is 13.8 Å². The third-order valence-electron chi connectivity index (χ3n) is 2.57. The van der Waals surface area contributed by atoms with Crippen LogP contribution in [0.25, 0.3) is 0 Å². The number of hydrogen-bond donors (Lipinski definition) is 2. The number of halogens is 2. The van der Waals surface area contributed by atoms with Gasteiger partial charge in [-0.2, -0.15) is 0 Å². The first-order chi connectivity index (χ1) is 7.54. The van der Waals surface area contributed by atoms with Gasteiger partial charge in [0.05, 0.1) is 6.61 Å². The number of aliphatic hydroxyl groups is 1. The summed E-state index contributed by atoms with van der Waals surface area (Å²) in [6, 6.07) is 4.68. The first-order valence-electron chi connectivity index (χ1n) is 5.32. The molecule has 1 unspecified atom stereocenters. The van der Waals surface area contributed by atoms with E-state index in [4.69, 9.17) is 5.11 Å². The van der Waals surface area contributed by atoms with Gasteiger partial charge in [0.25, 0.3) is 0 Å². The summed E-state index contributed by atoms with van der Waals surface area (Å²) >= 11 is 3.31. The smallest absolute Gasteiger partial charge is 0.124 e. The van der Waals surface area contributed by atoms with Crippen LogP contribution in [0.4, 0.5) is 4.39 Å². The molecule has 1 rings (SSSR count). The third-order valence-corrected chi connectivity index (χ3v) is 3.31. The van der Waals surface area contributed by atoms with Crippen LogP contribution in [0.5, 0.6) is 0 Å². The molecule has 0 bridgehead atoms. The lowest BCUT2D eigenvalue weighted by Crippen LogP contribution is -2.36. The van der Waals surface area contributed by atoms with Crippen molar-refractivity contribution >= 4 is 15.9 Å². The van der Waals surface area contributed by atoms with Crippen molar-refractivity contribution in [3.63, 3.8) is 0 Å². The quantitative estimate of drug-likeness (QED) is 0.874. The van der Waals surface area contributed by atoms with E-state index in [1.54, 1.807) is 6.07 Å². The van der Waals surface area contributed by atoms with E-state index in [0.717, 1.165) is 10.0 Å². The fourth-order valence-corrected chi connectivity index (χ4v) is 1.91. The molecule has 1 aromatic rings. The van der Waals surface area contributed by atoms with Gasteiger partial charge in [0.1, 0.15) is 5.82 Å². The molecule has 2 nitrogen and oxygen atoms in total. The normalized spacial score (nSPS) is 13.1. The van der Waals surface area contributed by atoms with E-state index < -0.39 is 0 Å². The molecule has 0 spiro atoms. The summed E-state index contributed by atoms with van der Waals surface area (Å²) in [6.45, 7) is 4.82. The molecular formula is C12H17BrFNO. The highest BCUT2D eigenvalue weighted by Gasteiger charge is 2.11. The van der Waals surface area contributed by atoms with Crippen LogP contribution < -0.4 is 5.32 Å². The highest BCUT2D eigenvalue weighted by molar-refractivity contribution is 9.10. The van der Waals surface area contributed by atoms with Gasteiger partial charge in [0.15, 0.2) is 0 Å². The topological polar surface area (TPSA) is 32.3 Å². The van der Waals surface area contributed by atoms with E-state index >= 15 is 0 Å². The Morgan fingerprint density at radius 1 is 1.44 bits per heavy atom. The van der Waals surface area contributed by atoms with Gasteiger partial charge in [-0.3, -0.25) is 0 Å². The second-order valence-electron chi connectivity index (χ2n) is 4.15. The Morgan fingerprint density at radius 2 is 2.12 bits per heavy atom. The zero-order chi connectivity index (χ0) is 12.1. The van der Waals surface area contributed by atoms with Gasteiger partial charge < -0.3 is 10.4 Å². The fraction of sp³-hybridized carbons (Fsp3) is 0.500. The van der Waals surface area contributed by atoms with Crippen LogP contribution in [0.3, 0.4) is 0 Å². The molecule has 4 heteroatoms. The molecule has 0 amide bonds. The van der Waals surface area contributed by atoms with E-state index in [9.17, 15) is 4.39 Å². The van der Waals surface area contributed by atoms with Crippen molar-refractivity contribution in [1.82, 2.24) is 5.32 Å². The van der Waals surface area contributed by atoms with Crippen molar-refractivity contribution in [3.05, 3.63) is 34.1 Å². The lowest BCUT2D eigenvalue weighted by molar-refractivity contribution is 0.210. The molecule has 0 aliphatic rings. The lowest BCUT2D eigenvalue weighted by Gasteiger charge is -2.20. The maximum Gasteiger partial charge on any atom is 0.124 e. The molecule has 0 fully saturated rings. The minimum Gasteiger partial charge on any atom is -0.395 e. The van der Waals surface area contributed by atoms with Crippen molar-refractivity contribution in [2.75, 3.05) is 6.61 Å². The molecule has 0 aliphatic heterocycles. The van der Waals surface area contributed by atoms with Gasteiger partial charge in [-0.25, -0.2) is 4.39 Å². The summed E-state index contributed by atoms with van der Waals surface area (Å²) in [5.41, 5.74) is 0.987. The minimum absolute atomic E-state index is 0.0666. The van der Waals surface area contributed by atoms with E-state index in [1.165, 1.54) is 12.1 Å². The maximum atomic E-state index is 12.9. The van der Waals surface area contributed by atoms with Crippen LogP contribution in [-0.4, -0.2) is 17.8 Å². The molecule has 1 aromatic carbocycles. The second kappa shape index (κ2) is 6.33. The van der Waals surface area contributed by atoms with E-state index in [-0.39, 0.29) is 18.5 Å². The number of rotatable bonds is 5. The highest BCUT2D eigenvalue weighted by atomic mass is 79.9. The average Bonchev–Trinajstić information content (AvgIpc) is 2.21. The largest absolute Gasteiger partial charge is 0.395 e. The number of benzene rings is 1. The van der Waals surface area contributed by atoms with Gasteiger partial charge in [-0.15, -0.1) is 0 Å². The fourth-order valence-electron chi connectivity index (χ4n) is 1.42. The predicted molar refractivity (Wildman–Crippen MR) is 66.7 cm³/mol. The van der Waals surface area contributed by atoms with Gasteiger partial charge in [0, 0.05) is 17.1 Å². The summed E-state index contributed by atoms with van der Waals surface area (Å²) in [5.74, 6) is 0.113. The van der Waals surface area contributed by atoms with Crippen molar-refractivity contribution < 1.29 is 9.50 Å². The summed E-state index contributed by atoms with van der Waals surface area (Å²) in [7, 11) is 0. The number of nitrogens with one attached hydrogen (secondary N) is 1. The number of aliphatic hydroxyl groups excluding tert-OH is 1. The van der Waals surface area contributed by atoms with Crippen LogP contribution in [0.1, 0.15) is 19.4 Å². The molecule has 0 saturated heterocycles. The summed E-state index contributed by atoms with van der Waals surface area (Å²) in [4.78, 5) is 0. The average molecular weight is 290 g/mol. The Bertz CT molecular complexity index is 344. The molecule has 90 valence electrons. The first kappa shape index (κ1) is 13.6. The first-order valence-corrected chi connectivity index (χ1v) is 6.12. The lowest BCUT2D eigenvalue weighted by atomic mass is 10.1. The van der Waals surface area contributed by atoms with Crippen molar-refractivity contribution in [3.8, 4) is 0 Å². The van der Waals surface area contributed by atoms with Crippen LogP contribution >= 0.6 is 15.9 Å². The summed E-state index contributed by atoms with van der Waals surface area (Å²) in [5, 5.41) is 12.4. The molecular weight excluding hydrogens is 273 g/mol. The van der Waals surface area contributed by atoms with Crippen molar-refractivity contribution in [2.45, 2.75) is 26.4 Å². The Labute approximate surface area is 104 Å². The second-order valence-corrected chi connectivity index (χ2v) is 5.00. The molecule has 0 aromatic heterocycles. The Kier molecular flexibility index (Phi) is 5.38. The Balaban J connectivity index is 2.60. The standard InChI is InChI=1S/C12H17BrFNO/c1-8(2)12(7-16)15-6-9-3-4-10(14)5-11(9)13/h3-5,8,12,15-16H,6-7H2,1-2H3. The van der Waals surface area contributed by atoms with Crippen LogP contribution in [0, 0.1) is 11.7 Å². The molecule has 0 radical (unpaired) electrons. The van der Waals surface area contributed by atoms with Crippen LogP contribution in [0.15, 0.2) is 22.7 Å². The van der Waals surface area contributed by atoms with Crippen molar-refractivity contribution in [1.29, 1.82) is 0 Å². The molecule has 16 heavy (non-hydrogen) atoms. The number of hydrogen-bond acceptors (Lipinski definition) is 2. The Hall–Kier alpha value is -0.450. The van der Waals surface area contributed by atoms with E-state index in [2.05, 4.69) is 21.2 Å². The molecule has 1 atom stereocenters. The van der Waals surface area contributed by atoms with Gasteiger partial charge >= 0.3 is 0 Å². The molecule has 2 N–H and O–H groups in total. The van der Waals surface area contributed by atoms with Crippen LogP contribution in [0.2, 0.25) is 0 Å². The highest BCUT2D eigenvalue weighted by Crippen LogP contribution is 2.18. The van der Waals surface area contributed by atoms with Gasteiger partial charge in [0.2, 0.25) is 0 Å². The zero-order valence-electron chi connectivity index (χ0n) is 9.50. The maximum absolute atomic E-state index is 12.9. The predicted octanol–water partition coefficient (Wildman–Crippen LogP) is 2.69. The molecule has 0 heterocycles. The molecule has 0 saturated carbocycles. The van der Waals surface area contributed by atoms with E-state index in [0.29, 0.717) is 12.5 Å². The minimum atomic E-state index is -0.252.